The largest absolute Gasteiger partial charge is 0.444 e. The van der Waals surface area contributed by atoms with Crippen LogP contribution in [-0.2, 0) is 19.6 Å². The van der Waals surface area contributed by atoms with Gasteiger partial charge in [0.15, 0.2) is 0 Å². The van der Waals surface area contributed by atoms with Crippen LogP contribution >= 0.6 is 0 Å². The first-order valence-corrected chi connectivity index (χ1v) is 12.5. The van der Waals surface area contributed by atoms with Gasteiger partial charge in [0.25, 0.3) is 0 Å². The lowest BCUT2D eigenvalue weighted by atomic mass is 9.97. The Balaban J connectivity index is 1.65. The Morgan fingerprint density at radius 2 is 1.78 bits per heavy atom. The van der Waals surface area contributed by atoms with Gasteiger partial charge in [-0.2, -0.15) is 4.31 Å². The van der Waals surface area contributed by atoms with Crippen LogP contribution in [0.25, 0.3) is 0 Å². The van der Waals surface area contributed by atoms with Crippen LogP contribution in [0.4, 0.5) is 10.5 Å². The maximum atomic E-state index is 13.0. The number of sulfonamides is 1. The van der Waals surface area contributed by atoms with E-state index in [1.807, 2.05) is 27.8 Å². The number of hydrogen-bond acceptors (Lipinski definition) is 6. The third kappa shape index (κ3) is 6.20. The van der Waals surface area contributed by atoms with Crippen LogP contribution in [0.15, 0.2) is 29.2 Å². The summed E-state index contributed by atoms with van der Waals surface area (Å²) in [6, 6.07) is 6.36. The average Bonchev–Trinajstić information content (AvgIpc) is 2.73. The highest BCUT2D eigenvalue weighted by molar-refractivity contribution is 7.89. The molecule has 9 nitrogen and oxygen atoms in total. The molecule has 1 atom stereocenters. The molecule has 0 bridgehead atoms. The molecule has 1 N–H and O–H groups in total. The summed E-state index contributed by atoms with van der Waals surface area (Å²) in [7, 11) is -1.65. The topological polar surface area (TPSA) is 99.3 Å². The van der Waals surface area contributed by atoms with Gasteiger partial charge in [0, 0.05) is 45.0 Å². The summed E-state index contributed by atoms with van der Waals surface area (Å²) in [5, 5.41) is 2.83. The summed E-state index contributed by atoms with van der Waals surface area (Å²) in [5.74, 6) is -0.610. The van der Waals surface area contributed by atoms with Crippen LogP contribution in [-0.4, -0.2) is 86.4 Å². The zero-order valence-corrected chi connectivity index (χ0v) is 20.2. The van der Waals surface area contributed by atoms with Crippen LogP contribution in [0.2, 0.25) is 0 Å². The molecule has 0 aliphatic carbocycles. The van der Waals surface area contributed by atoms with Gasteiger partial charge in [-0.1, -0.05) is 6.07 Å². The van der Waals surface area contributed by atoms with Crippen LogP contribution in [0.1, 0.15) is 33.6 Å². The van der Waals surface area contributed by atoms with Gasteiger partial charge in [-0.15, -0.1) is 0 Å². The molecule has 1 unspecified atom stereocenters. The zero-order valence-electron chi connectivity index (χ0n) is 19.3. The second-order valence-corrected chi connectivity index (χ2v) is 11.4. The summed E-state index contributed by atoms with van der Waals surface area (Å²) < 4.78 is 32.9. The fraction of sp³-hybridized carbons (Fsp3) is 0.636. The lowest BCUT2D eigenvalue weighted by molar-refractivity contribution is -0.121. The number of nitrogens with zero attached hydrogens (tertiary/aromatic N) is 3. The molecule has 0 aromatic heterocycles. The first kappa shape index (κ1) is 24.5. The molecule has 0 radical (unpaired) electrons. The quantitative estimate of drug-likeness (QED) is 0.730. The second kappa shape index (κ2) is 9.76. The minimum atomic E-state index is -3.62. The third-order valence-electron chi connectivity index (χ3n) is 5.65. The molecule has 2 fully saturated rings. The minimum Gasteiger partial charge on any atom is -0.444 e. The number of likely N-dealkylation sites (N-methyl/N-ethyl adjacent to an activating group) is 1. The van der Waals surface area contributed by atoms with Gasteiger partial charge in [-0.05, 0) is 58.9 Å². The first-order chi connectivity index (χ1) is 15.0. The molecule has 10 heteroatoms. The first-order valence-electron chi connectivity index (χ1n) is 11.0. The molecule has 2 saturated heterocycles. The fourth-order valence-electron chi connectivity index (χ4n) is 3.84. The van der Waals surface area contributed by atoms with Gasteiger partial charge in [0.05, 0.1) is 10.8 Å². The van der Waals surface area contributed by atoms with Gasteiger partial charge in [0.1, 0.15) is 5.60 Å². The number of piperidine rings is 1. The SMILES string of the molecule is CN1CCN(S(=O)(=O)c2cccc(NC(=O)C3CCCN(C(=O)OC(C)(C)C)C3)c2)CC1. The molecule has 3 rings (SSSR count). The lowest BCUT2D eigenvalue weighted by Gasteiger charge is -2.33. The Labute approximate surface area is 190 Å². The Morgan fingerprint density at radius 1 is 1.09 bits per heavy atom. The molecule has 32 heavy (non-hydrogen) atoms. The maximum Gasteiger partial charge on any atom is 0.410 e. The molecule has 2 aliphatic heterocycles. The minimum absolute atomic E-state index is 0.166. The molecule has 2 heterocycles. The number of amides is 2. The maximum absolute atomic E-state index is 13.0. The van der Waals surface area contributed by atoms with E-state index in [-0.39, 0.29) is 23.3 Å². The number of likely N-dealkylation sites (tertiary alicyclic amines) is 1. The summed E-state index contributed by atoms with van der Waals surface area (Å²) >= 11 is 0. The van der Waals surface area contributed by atoms with Crippen molar-refractivity contribution in [1.82, 2.24) is 14.1 Å². The molecular formula is C22H34N4O5S. The van der Waals surface area contributed by atoms with Crippen molar-refractivity contribution in [3.63, 3.8) is 0 Å². The Kier molecular flexibility index (Phi) is 7.46. The van der Waals surface area contributed by atoms with E-state index in [2.05, 4.69) is 10.2 Å². The number of anilines is 1. The van der Waals surface area contributed by atoms with Crippen LogP contribution in [0.3, 0.4) is 0 Å². The number of ether oxygens (including phenoxy) is 1. The molecule has 178 valence electrons. The lowest BCUT2D eigenvalue weighted by Crippen LogP contribution is -2.47. The van der Waals surface area contributed by atoms with Crippen molar-refractivity contribution in [2.24, 2.45) is 5.92 Å². The van der Waals surface area contributed by atoms with Gasteiger partial charge in [-0.25, -0.2) is 13.2 Å². The monoisotopic (exact) mass is 466 g/mol. The van der Waals surface area contributed by atoms with E-state index in [9.17, 15) is 18.0 Å². The van der Waals surface area contributed by atoms with E-state index in [4.69, 9.17) is 4.74 Å². The summed E-state index contributed by atoms with van der Waals surface area (Å²) in [5.41, 5.74) is -0.165. The zero-order chi connectivity index (χ0) is 23.5. The highest BCUT2D eigenvalue weighted by Gasteiger charge is 2.32. The van der Waals surface area contributed by atoms with Crippen molar-refractivity contribution in [3.05, 3.63) is 24.3 Å². The molecule has 2 aliphatic rings. The Morgan fingerprint density at radius 3 is 2.44 bits per heavy atom. The van der Waals surface area contributed by atoms with Crippen molar-refractivity contribution in [2.45, 2.75) is 44.1 Å². The summed E-state index contributed by atoms with van der Waals surface area (Å²) in [6.07, 6.45) is 0.940. The summed E-state index contributed by atoms with van der Waals surface area (Å²) in [6.45, 7) is 8.51. The van der Waals surface area contributed by atoms with Gasteiger partial charge >= 0.3 is 6.09 Å². The number of carbonyl (C=O) groups is 2. The Bertz CT molecular complexity index is 936. The molecule has 0 saturated carbocycles. The highest BCUT2D eigenvalue weighted by atomic mass is 32.2. The molecule has 0 spiro atoms. The molecule has 2 amide bonds. The average molecular weight is 467 g/mol. The van der Waals surface area contributed by atoms with Crippen molar-refractivity contribution >= 4 is 27.7 Å². The van der Waals surface area contributed by atoms with Gasteiger partial charge < -0.3 is 19.9 Å². The number of piperazine rings is 1. The van der Waals surface area contributed by atoms with Crippen molar-refractivity contribution < 1.29 is 22.7 Å². The van der Waals surface area contributed by atoms with Gasteiger partial charge in [0.2, 0.25) is 15.9 Å². The second-order valence-electron chi connectivity index (χ2n) is 9.49. The highest BCUT2D eigenvalue weighted by Crippen LogP contribution is 2.24. The smallest absolute Gasteiger partial charge is 0.410 e. The standard InChI is InChI=1S/C22H34N4O5S/c1-22(2,3)31-21(28)25-10-6-7-17(16-25)20(27)23-18-8-5-9-19(15-18)32(29,30)26-13-11-24(4)12-14-26/h5,8-9,15,17H,6-7,10-14,16H2,1-4H3,(H,23,27). The van der Waals surface area contributed by atoms with E-state index in [1.54, 1.807) is 23.1 Å². The summed E-state index contributed by atoms with van der Waals surface area (Å²) in [4.78, 5) is 29.0. The van der Waals surface area contributed by atoms with Crippen LogP contribution < -0.4 is 5.32 Å². The number of benzene rings is 1. The molecule has 1 aromatic rings. The predicted molar refractivity (Wildman–Crippen MR) is 122 cm³/mol. The number of carbonyl (C=O) groups excluding carboxylic acids is 2. The normalized spacial score (nSPS) is 21.2. The van der Waals surface area contributed by atoms with E-state index in [0.29, 0.717) is 51.3 Å². The van der Waals surface area contributed by atoms with E-state index < -0.39 is 21.7 Å². The van der Waals surface area contributed by atoms with E-state index in [0.717, 1.165) is 0 Å². The van der Waals surface area contributed by atoms with Crippen molar-refractivity contribution in [3.8, 4) is 0 Å². The van der Waals surface area contributed by atoms with Gasteiger partial charge in [-0.3, -0.25) is 4.79 Å². The third-order valence-corrected chi connectivity index (χ3v) is 7.54. The number of rotatable bonds is 4. The molecule has 1 aromatic carbocycles. The predicted octanol–water partition coefficient (Wildman–Crippen LogP) is 2.21. The van der Waals surface area contributed by atoms with Crippen molar-refractivity contribution in [1.29, 1.82) is 0 Å². The van der Waals surface area contributed by atoms with E-state index in [1.165, 1.54) is 10.4 Å². The fourth-order valence-corrected chi connectivity index (χ4v) is 5.31. The number of hydrogen-bond donors (Lipinski definition) is 1. The van der Waals surface area contributed by atoms with Crippen LogP contribution in [0, 0.1) is 5.92 Å². The van der Waals surface area contributed by atoms with E-state index >= 15 is 0 Å². The van der Waals surface area contributed by atoms with Crippen LogP contribution in [0.5, 0.6) is 0 Å². The van der Waals surface area contributed by atoms with Crippen molar-refractivity contribution in [2.75, 3.05) is 51.6 Å². The Hall–Kier alpha value is -2.17. The molecular weight excluding hydrogens is 432 g/mol. The number of nitrogens with one attached hydrogen (secondary N) is 1.